The van der Waals surface area contributed by atoms with E-state index in [0.717, 1.165) is 36.2 Å². The smallest absolute Gasteiger partial charge is 0.317 e. The molecule has 1 saturated heterocycles. The highest BCUT2D eigenvalue weighted by molar-refractivity contribution is 6.03. The third-order valence-electron chi connectivity index (χ3n) is 5.79. The van der Waals surface area contributed by atoms with Crippen LogP contribution in [0, 0.1) is 0 Å². The molecule has 3 rings (SSSR count). The minimum absolute atomic E-state index is 0.0209. The number of hydrogen-bond donors (Lipinski definition) is 3. The lowest BCUT2D eigenvalue weighted by molar-refractivity contribution is -0.140. The van der Waals surface area contributed by atoms with Crippen LogP contribution in [-0.2, 0) is 9.63 Å². The number of carboxylic acid groups (broad SMARTS) is 1. The average molecular weight is 417 g/mol. The number of carbonyl (C=O) groups is 1. The van der Waals surface area contributed by atoms with Crippen molar-refractivity contribution >= 4 is 17.5 Å². The van der Waals surface area contributed by atoms with E-state index in [9.17, 15) is 9.90 Å². The lowest BCUT2D eigenvalue weighted by Crippen LogP contribution is -2.47. The van der Waals surface area contributed by atoms with Gasteiger partial charge in [-0.3, -0.25) is 14.7 Å². The Kier molecular flexibility index (Phi) is 7.44. The van der Waals surface area contributed by atoms with Crippen molar-refractivity contribution in [3.05, 3.63) is 35.4 Å². The molecule has 164 valence electrons. The molecule has 0 saturated carbocycles. The van der Waals surface area contributed by atoms with Gasteiger partial charge < -0.3 is 20.8 Å². The van der Waals surface area contributed by atoms with E-state index in [2.05, 4.69) is 17.1 Å². The molecule has 0 aromatic heterocycles. The van der Waals surface area contributed by atoms with E-state index in [1.54, 1.807) is 0 Å². The van der Waals surface area contributed by atoms with E-state index < -0.39 is 11.6 Å². The fraction of sp³-hybridized carbons (Fsp3) is 0.591. The summed E-state index contributed by atoms with van der Waals surface area (Å²) in [5.74, 6) is -0.286. The molecule has 0 radical (unpaired) electrons. The summed E-state index contributed by atoms with van der Waals surface area (Å²) in [5, 5.41) is 24.0. The second-order valence-electron chi connectivity index (χ2n) is 8.27. The molecule has 30 heavy (non-hydrogen) atoms. The molecule has 2 aliphatic heterocycles. The molecule has 0 spiro atoms. The Morgan fingerprint density at radius 3 is 2.67 bits per heavy atom. The molecular weight excluding hydrogens is 384 g/mol. The normalized spacial score (nSPS) is 21.9. The summed E-state index contributed by atoms with van der Waals surface area (Å²) in [5.41, 5.74) is 7.95. The van der Waals surface area contributed by atoms with Crippen molar-refractivity contribution in [1.29, 1.82) is 0 Å². The first-order valence-corrected chi connectivity index (χ1v) is 10.7. The SMILES string of the molecule is CCCCN=C(N)c1ccc(C2=NOC(CC3(O)CCN(CC(=O)O)CC3)C2)cc1. The van der Waals surface area contributed by atoms with Gasteiger partial charge in [-0.05, 0) is 24.8 Å². The number of nitrogens with zero attached hydrogens (tertiary/aromatic N) is 3. The first kappa shape index (κ1) is 22.2. The molecule has 1 aromatic carbocycles. The number of aliphatic imine (C=N–C) groups is 1. The van der Waals surface area contributed by atoms with Gasteiger partial charge >= 0.3 is 5.97 Å². The van der Waals surface area contributed by atoms with Crippen LogP contribution in [0.2, 0.25) is 0 Å². The van der Waals surface area contributed by atoms with Crippen molar-refractivity contribution in [2.45, 2.75) is 57.2 Å². The zero-order chi connectivity index (χ0) is 21.6. The van der Waals surface area contributed by atoms with Crippen molar-refractivity contribution in [2.24, 2.45) is 15.9 Å². The van der Waals surface area contributed by atoms with Gasteiger partial charge in [0.25, 0.3) is 0 Å². The Hall–Kier alpha value is -2.45. The number of carboxylic acids is 1. The molecule has 1 fully saturated rings. The maximum Gasteiger partial charge on any atom is 0.317 e. The van der Waals surface area contributed by atoms with Crippen LogP contribution in [0.15, 0.2) is 34.4 Å². The van der Waals surface area contributed by atoms with E-state index in [1.165, 1.54) is 0 Å². The van der Waals surface area contributed by atoms with Crippen molar-refractivity contribution in [1.82, 2.24) is 4.90 Å². The summed E-state index contributed by atoms with van der Waals surface area (Å²) in [6.45, 7) is 4.04. The zero-order valence-electron chi connectivity index (χ0n) is 17.6. The highest BCUT2D eigenvalue weighted by Crippen LogP contribution is 2.31. The van der Waals surface area contributed by atoms with Gasteiger partial charge in [-0.15, -0.1) is 0 Å². The maximum atomic E-state index is 10.9. The van der Waals surface area contributed by atoms with E-state index in [4.69, 9.17) is 15.7 Å². The molecule has 1 atom stereocenters. The molecule has 0 bridgehead atoms. The van der Waals surface area contributed by atoms with Crippen LogP contribution >= 0.6 is 0 Å². The van der Waals surface area contributed by atoms with Crippen molar-refractivity contribution in [3.63, 3.8) is 0 Å². The zero-order valence-corrected chi connectivity index (χ0v) is 17.6. The van der Waals surface area contributed by atoms with Crippen LogP contribution in [0.5, 0.6) is 0 Å². The molecule has 8 nitrogen and oxygen atoms in total. The summed E-state index contributed by atoms with van der Waals surface area (Å²) in [7, 11) is 0. The van der Waals surface area contributed by atoms with Gasteiger partial charge in [0.1, 0.15) is 11.9 Å². The van der Waals surface area contributed by atoms with Crippen LogP contribution in [0.4, 0.5) is 0 Å². The summed E-state index contributed by atoms with van der Waals surface area (Å²) >= 11 is 0. The second-order valence-corrected chi connectivity index (χ2v) is 8.27. The molecule has 2 heterocycles. The molecule has 0 amide bonds. The third-order valence-corrected chi connectivity index (χ3v) is 5.79. The number of nitrogens with two attached hydrogens (primary N) is 1. The monoisotopic (exact) mass is 416 g/mol. The van der Waals surface area contributed by atoms with E-state index in [0.29, 0.717) is 44.6 Å². The highest BCUT2D eigenvalue weighted by Gasteiger charge is 2.37. The molecule has 1 unspecified atom stereocenters. The highest BCUT2D eigenvalue weighted by atomic mass is 16.6. The second kappa shape index (κ2) is 10.0. The van der Waals surface area contributed by atoms with Crippen molar-refractivity contribution < 1.29 is 19.8 Å². The van der Waals surface area contributed by atoms with Crippen LogP contribution in [0.1, 0.15) is 56.6 Å². The number of benzene rings is 1. The standard InChI is InChI=1S/C22H32N4O4/c1-2-3-10-24-21(23)17-6-4-16(5-7-17)19-13-18(30-25-19)14-22(29)8-11-26(12-9-22)15-20(27)28/h4-7,18,29H,2-3,8-15H2,1H3,(H2,23,24)(H,27,28). The summed E-state index contributed by atoms with van der Waals surface area (Å²) in [6, 6.07) is 7.84. The lowest BCUT2D eigenvalue weighted by Gasteiger charge is -2.38. The number of likely N-dealkylation sites (tertiary alicyclic amines) is 1. The Morgan fingerprint density at radius 1 is 1.33 bits per heavy atom. The van der Waals surface area contributed by atoms with Crippen molar-refractivity contribution in [3.8, 4) is 0 Å². The summed E-state index contributed by atoms with van der Waals surface area (Å²) < 4.78 is 0. The van der Waals surface area contributed by atoms with Crippen LogP contribution in [0.25, 0.3) is 0 Å². The topological polar surface area (TPSA) is 121 Å². The molecule has 4 N–H and O–H groups in total. The fourth-order valence-electron chi connectivity index (χ4n) is 3.94. The van der Waals surface area contributed by atoms with Crippen LogP contribution < -0.4 is 5.73 Å². The van der Waals surface area contributed by atoms with Gasteiger partial charge in [-0.1, -0.05) is 42.8 Å². The summed E-state index contributed by atoms with van der Waals surface area (Å²) in [4.78, 5) is 22.7. The van der Waals surface area contributed by atoms with E-state index in [1.807, 2.05) is 29.2 Å². The van der Waals surface area contributed by atoms with Gasteiger partial charge in [0.05, 0.1) is 17.9 Å². The first-order chi connectivity index (χ1) is 14.4. The Morgan fingerprint density at radius 2 is 2.03 bits per heavy atom. The Bertz CT molecular complexity index is 783. The number of hydrogen-bond acceptors (Lipinski definition) is 6. The van der Waals surface area contributed by atoms with Crippen molar-refractivity contribution in [2.75, 3.05) is 26.2 Å². The molecule has 1 aromatic rings. The number of unbranched alkanes of at least 4 members (excludes halogenated alkanes) is 1. The van der Waals surface area contributed by atoms with Gasteiger partial charge in [0.15, 0.2) is 0 Å². The number of piperidine rings is 1. The van der Waals surface area contributed by atoms with Crippen LogP contribution in [-0.4, -0.2) is 70.5 Å². The molecule has 8 heteroatoms. The fourth-order valence-corrected chi connectivity index (χ4v) is 3.94. The molecule has 2 aliphatic rings. The number of aliphatic carboxylic acids is 1. The molecular formula is C22H32N4O4. The number of aliphatic hydroxyl groups is 1. The number of amidine groups is 1. The van der Waals surface area contributed by atoms with Gasteiger partial charge in [-0.2, -0.15) is 0 Å². The predicted octanol–water partition coefficient (Wildman–Crippen LogP) is 1.99. The lowest BCUT2D eigenvalue weighted by atomic mass is 9.84. The Balaban J connectivity index is 1.50. The minimum Gasteiger partial charge on any atom is -0.480 e. The van der Waals surface area contributed by atoms with Crippen LogP contribution in [0.3, 0.4) is 0 Å². The van der Waals surface area contributed by atoms with E-state index >= 15 is 0 Å². The maximum absolute atomic E-state index is 10.9. The summed E-state index contributed by atoms with van der Waals surface area (Å²) in [6.07, 6.45) is 4.17. The number of rotatable bonds is 9. The quantitative estimate of drug-likeness (QED) is 0.322. The minimum atomic E-state index is -0.836. The first-order valence-electron chi connectivity index (χ1n) is 10.7. The molecule has 0 aliphatic carbocycles. The third kappa shape index (κ3) is 6.03. The predicted molar refractivity (Wildman–Crippen MR) is 116 cm³/mol. The largest absolute Gasteiger partial charge is 0.480 e. The van der Waals surface area contributed by atoms with Gasteiger partial charge in [0.2, 0.25) is 0 Å². The van der Waals surface area contributed by atoms with Gasteiger partial charge in [-0.25, -0.2) is 0 Å². The average Bonchev–Trinajstić information content (AvgIpc) is 3.18. The number of oxime groups is 1. The van der Waals surface area contributed by atoms with Gasteiger partial charge in [0, 0.05) is 38.0 Å². The van der Waals surface area contributed by atoms with E-state index in [-0.39, 0.29) is 12.6 Å². The Labute approximate surface area is 177 Å².